The minimum absolute atomic E-state index is 0.0505. The molecule has 2 saturated heterocycles. The average molecular weight is 534 g/mol. The molecule has 0 saturated carbocycles. The maximum Gasteiger partial charge on any atom is 0.250 e. The molecule has 2 heterocycles. The first kappa shape index (κ1) is 27.0. The van der Waals surface area contributed by atoms with E-state index >= 15 is 4.39 Å². The zero-order valence-electron chi connectivity index (χ0n) is 22.8. The highest BCUT2D eigenvalue weighted by atomic mass is 19.1. The maximum absolute atomic E-state index is 15.6. The van der Waals surface area contributed by atoms with Crippen LogP contribution in [0.5, 0.6) is 0 Å². The van der Waals surface area contributed by atoms with Gasteiger partial charge in [-0.1, -0.05) is 50.2 Å². The van der Waals surface area contributed by atoms with Crippen LogP contribution in [0.1, 0.15) is 61.4 Å². The van der Waals surface area contributed by atoms with Crippen LogP contribution in [0.2, 0.25) is 0 Å². The van der Waals surface area contributed by atoms with E-state index in [4.69, 9.17) is 0 Å². The fourth-order valence-corrected chi connectivity index (χ4v) is 6.28. The number of Topliss-reactive ketones (excluding diaryl/α,β-unsaturated/α-hetero) is 1. The van der Waals surface area contributed by atoms with Crippen LogP contribution in [0.25, 0.3) is 0 Å². The molecule has 3 amide bonds. The fraction of sp³-hybridized carbons (Fsp3) is 0.484. The number of piperazine rings is 1. The molecule has 3 atom stereocenters. The van der Waals surface area contributed by atoms with Gasteiger partial charge in [-0.05, 0) is 60.8 Å². The highest BCUT2D eigenvalue weighted by Crippen LogP contribution is 2.37. The molecule has 39 heavy (non-hydrogen) atoms. The molecule has 2 aromatic carbocycles. The second-order valence-corrected chi connectivity index (χ2v) is 11.6. The van der Waals surface area contributed by atoms with Gasteiger partial charge in [0.05, 0.1) is 0 Å². The number of halogens is 1. The van der Waals surface area contributed by atoms with Gasteiger partial charge in [-0.25, -0.2) is 4.39 Å². The zero-order chi connectivity index (χ0) is 27.8. The maximum atomic E-state index is 15.6. The van der Waals surface area contributed by atoms with Crippen LogP contribution in [-0.2, 0) is 32.0 Å². The third-order valence-electron chi connectivity index (χ3n) is 8.30. The van der Waals surface area contributed by atoms with E-state index in [9.17, 15) is 19.2 Å². The number of benzene rings is 2. The monoisotopic (exact) mass is 533 g/mol. The molecule has 5 rings (SSSR count). The van der Waals surface area contributed by atoms with Gasteiger partial charge in [0, 0.05) is 31.5 Å². The Kier molecular flexibility index (Phi) is 7.56. The van der Waals surface area contributed by atoms with Crippen molar-refractivity contribution < 1.29 is 23.6 Å². The number of carbonyl (C=O) groups excluding carboxylic acids is 4. The summed E-state index contributed by atoms with van der Waals surface area (Å²) in [6.45, 7) is 6.09. The Balaban J connectivity index is 1.57. The summed E-state index contributed by atoms with van der Waals surface area (Å²) in [5.74, 6) is -1.75. The van der Waals surface area contributed by atoms with Gasteiger partial charge in [-0.15, -0.1) is 0 Å². The normalized spacial score (nSPS) is 22.7. The number of piperidine rings is 1. The molecule has 1 N–H and O–H groups in total. The lowest BCUT2D eigenvalue weighted by Gasteiger charge is -2.46. The first-order chi connectivity index (χ1) is 18.6. The first-order valence-electron chi connectivity index (χ1n) is 13.9. The summed E-state index contributed by atoms with van der Waals surface area (Å²) in [7, 11) is 0. The molecule has 1 aliphatic carbocycles. The van der Waals surface area contributed by atoms with Crippen molar-refractivity contribution in [1.82, 2.24) is 15.1 Å². The summed E-state index contributed by atoms with van der Waals surface area (Å²) < 4.78 is 15.6. The Morgan fingerprint density at radius 1 is 1.03 bits per heavy atom. The smallest absolute Gasteiger partial charge is 0.250 e. The molecule has 0 unspecified atom stereocenters. The van der Waals surface area contributed by atoms with E-state index in [2.05, 4.69) is 5.32 Å². The molecule has 3 aliphatic rings. The predicted molar refractivity (Wildman–Crippen MR) is 144 cm³/mol. The number of carbonyl (C=O) groups is 4. The van der Waals surface area contributed by atoms with Gasteiger partial charge in [-0.2, -0.15) is 0 Å². The molecule has 206 valence electrons. The lowest BCUT2D eigenvalue weighted by molar-refractivity contribution is -0.160. The van der Waals surface area contributed by atoms with Crippen molar-refractivity contribution in [1.29, 1.82) is 0 Å². The number of hydrogen-bond donors (Lipinski definition) is 1. The summed E-state index contributed by atoms with van der Waals surface area (Å²) in [5.41, 5.74) is 3.06. The second-order valence-electron chi connectivity index (χ2n) is 11.6. The molecule has 0 bridgehead atoms. The third kappa shape index (κ3) is 5.34. The molecule has 2 aromatic rings. The van der Waals surface area contributed by atoms with Crippen LogP contribution < -0.4 is 5.32 Å². The minimum Gasteiger partial charge on any atom is -0.342 e. The van der Waals surface area contributed by atoms with Crippen molar-refractivity contribution in [2.24, 2.45) is 11.8 Å². The molecule has 2 fully saturated rings. The number of likely N-dealkylation sites (tertiary alicyclic amines) is 1. The summed E-state index contributed by atoms with van der Waals surface area (Å²) in [6.07, 6.45) is 2.07. The first-order valence-corrected chi connectivity index (χ1v) is 13.9. The highest BCUT2D eigenvalue weighted by Gasteiger charge is 2.50. The zero-order valence-corrected chi connectivity index (χ0v) is 22.8. The van der Waals surface area contributed by atoms with Crippen LogP contribution >= 0.6 is 0 Å². The van der Waals surface area contributed by atoms with Crippen molar-refractivity contribution in [2.45, 2.75) is 71.0 Å². The Labute approximate surface area is 228 Å². The average Bonchev–Trinajstić information content (AvgIpc) is 3.33. The molecular formula is C31H36FN3O4. The molecule has 0 radical (unpaired) electrons. The number of aryl methyl sites for hydroxylation is 1. The number of fused-ring (bicyclic) bond motifs is 1. The summed E-state index contributed by atoms with van der Waals surface area (Å²) >= 11 is 0. The van der Waals surface area contributed by atoms with Crippen molar-refractivity contribution in [3.05, 3.63) is 70.5 Å². The van der Waals surface area contributed by atoms with Gasteiger partial charge in [0.15, 0.2) is 0 Å². The molecule has 0 aromatic heterocycles. The lowest BCUT2D eigenvalue weighted by atomic mass is 9.87. The second kappa shape index (κ2) is 10.9. The number of nitrogens with zero attached hydrogens (tertiary/aromatic N) is 2. The Bertz CT molecular complexity index is 1270. The summed E-state index contributed by atoms with van der Waals surface area (Å²) in [4.78, 5) is 57.0. The standard InChI is InChI=1S/C31H36FN3O4/c1-18(2)14-26-29(37)33-27(22-16-20-6-4-5-7-21(20)17-22)30(38)35(26)28(24-9-8-19(3)15-25(24)32)31(39)34-12-10-23(36)11-13-34/h4-9,15,18,22,26-28H,10-14,16-17H2,1-3H3,(H,33,37)/t26-,27-,28-/m1/s1. The molecule has 7 nitrogen and oxygen atoms in total. The van der Waals surface area contributed by atoms with Gasteiger partial charge in [0.2, 0.25) is 17.7 Å². The van der Waals surface area contributed by atoms with Crippen LogP contribution in [0, 0.1) is 24.6 Å². The topological polar surface area (TPSA) is 86.8 Å². The van der Waals surface area contributed by atoms with Gasteiger partial charge in [-0.3, -0.25) is 19.2 Å². The molecular weight excluding hydrogens is 497 g/mol. The number of ketones is 1. The van der Waals surface area contributed by atoms with Gasteiger partial charge < -0.3 is 15.1 Å². The fourth-order valence-electron chi connectivity index (χ4n) is 6.28. The van der Waals surface area contributed by atoms with Crippen LogP contribution in [0.4, 0.5) is 4.39 Å². The van der Waals surface area contributed by atoms with Crippen LogP contribution in [0.15, 0.2) is 42.5 Å². The molecule has 0 spiro atoms. The number of nitrogens with one attached hydrogen (secondary N) is 1. The lowest BCUT2D eigenvalue weighted by Crippen LogP contribution is -2.67. The molecule has 8 heteroatoms. The van der Waals surface area contributed by atoms with Crippen LogP contribution in [-0.4, -0.2) is 58.5 Å². The SMILES string of the molecule is Cc1ccc([C@H](C(=O)N2CCC(=O)CC2)N2C(=O)[C@@H](C3Cc4ccccc4C3)NC(=O)[C@H]2CC(C)C)c(F)c1. The van der Waals surface area contributed by atoms with E-state index < -0.39 is 29.8 Å². The summed E-state index contributed by atoms with van der Waals surface area (Å²) in [5, 5.41) is 2.99. The van der Waals surface area contributed by atoms with E-state index in [0.717, 1.165) is 11.1 Å². The van der Waals surface area contributed by atoms with E-state index in [0.29, 0.717) is 24.8 Å². The Morgan fingerprint density at radius 3 is 2.26 bits per heavy atom. The quantitative estimate of drug-likeness (QED) is 0.616. The van der Waals surface area contributed by atoms with E-state index in [-0.39, 0.29) is 60.9 Å². The number of hydrogen-bond acceptors (Lipinski definition) is 4. The van der Waals surface area contributed by atoms with Crippen molar-refractivity contribution in [2.75, 3.05) is 13.1 Å². The Morgan fingerprint density at radius 2 is 1.67 bits per heavy atom. The van der Waals surface area contributed by atoms with Gasteiger partial charge in [0.1, 0.15) is 29.7 Å². The van der Waals surface area contributed by atoms with Crippen molar-refractivity contribution >= 4 is 23.5 Å². The van der Waals surface area contributed by atoms with Gasteiger partial charge in [0.25, 0.3) is 0 Å². The van der Waals surface area contributed by atoms with E-state index in [1.807, 2.05) is 38.1 Å². The van der Waals surface area contributed by atoms with Gasteiger partial charge >= 0.3 is 0 Å². The van der Waals surface area contributed by atoms with Crippen molar-refractivity contribution in [3.8, 4) is 0 Å². The predicted octanol–water partition coefficient (Wildman–Crippen LogP) is 3.52. The number of rotatable bonds is 6. The largest absolute Gasteiger partial charge is 0.342 e. The van der Waals surface area contributed by atoms with E-state index in [1.54, 1.807) is 19.1 Å². The number of amides is 3. The van der Waals surface area contributed by atoms with Crippen molar-refractivity contribution in [3.63, 3.8) is 0 Å². The highest BCUT2D eigenvalue weighted by molar-refractivity contribution is 6.00. The van der Waals surface area contributed by atoms with E-state index in [1.165, 1.54) is 15.9 Å². The van der Waals surface area contributed by atoms with Crippen LogP contribution in [0.3, 0.4) is 0 Å². The third-order valence-corrected chi connectivity index (χ3v) is 8.30. The summed E-state index contributed by atoms with van der Waals surface area (Å²) in [6, 6.07) is 9.59. The minimum atomic E-state index is -1.30. The Hall–Kier alpha value is -3.55. The molecule has 2 aliphatic heterocycles.